The van der Waals surface area contributed by atoms with Crippen molar-refractivity contribution in [1.29, 1.82) is 0 Å². The molecule has 2 heterocycles. The molecule has 0 amide bonds. The van der Waals surface area contributed by atoms with Gasteiger partial charge in [-0.05, 0) is 75.0 Å². The van der Waals surface area contributed by atoms with Crippen molar-refractivity contribution in [3.63, 3.8) is 0 Å². The summed E-state index contributed by atoms with van der Waals surface area (Å²) in [4.78, 5) is 0. The van der Waals surface area contributed by atoms with Crippen molar-refractivity contribution < 1.29 is 9.47 Å². The van der Waals surface area contributed by atoms with Crippen molar-refractivity contribution in [2.45, 2.75) is 50.6 Å². The Morgan fingerprint density at radius 2 is 2.00 bits per heavy atom. The van der Waals surface area contributed by atoms with Crippen LogP contribution in [0, 0.1) is 0 Å². The molecule has 118 valence electrons. The van der Waals surface area contributed by atoms with Gasteiger partial charge in [0.2, 0.25) is 0 Å². The average Bonchev–Trinajstić information content (AvgIpc) is 2.73. The minimum absolute atomic E-state index is 0.0990. The lowest BCUT2D eigenvalue weighted by atomic mass is 9.74. The molecule has 22 heavy (non-hydrogen) atoms. The van der Waals surface area contributed by atoms with Crippen LogP contribution in [0.5, 0.6) is 0 Å². The van der Waals surface area contributed by atoms with Crippen LogP contribution in [0.1, 0.15) is 44.2 Å². The second kappa shape index (κ2) is 5.17. The standard InChI is InChI=1S/C18H22BrNO2/c1-12-21-17(2,22-12)10-13-11-18(6-8-20-9-7-18)16-14(13)4-3-5-15(16)19/h3-5,10,12,20H,6-9,11H2,1-2H3/b13-10-. The lowest BCUT2D eigenvalue weighted by Crippen LogP contribution is -2.48. The zero-order valence-corrected chi connectivity index (χ0v) is 14.7. The smallest absolute Gasteiger partial charge is 0.191 e. The predicted octanol–water partition coefficient (Wildman–Crippen LogP) is 3.97. The number of hydrogen-bond acceptors (Lipinski definition) is 3. The molecule has 1 spiro atoms. The maximum atomic E-state index is 5.79. The molecule has 0 unspecified atom stereocenters. The number of fused-ring (bicyclic) bond motifs is 2. The molecule has 0 bridgehead atoms. The van der Waals surface area contributed by atoms with Crippen LogP contribution in [0.3, 0.4) is 0 Å². The van der Waals surface area contributed by atoms with E-state index in [2.05, 4.69) is 45.5 Å². The van der Waals surface area contributed by atoms with Gasteiger partial charge in [-0.15, -0.1) is 0 Å². The van der Waals surface area contributed by atoms with Crippen LogP contribution in [0.2, 0.25) is 0 Å². The first-order valence-corrected chi connectivity index (χ1v) is 8.88. The van der Waals surface area contributed by atoms with Crippen LogP contribution in [0.4, 0.5) is 0 Å². The van der Waals surface area contributed by atoms with Crippen LogP contribution in [0.15, 0.2) is 28.7 Å². The Bertz CT molecular complexity index is 628. The van der Waals surface area contributed by atoms with Gasteiger partial charge in [0.25, 0.3) is 0 Å². The topological polar surface area (TPSA) is 30.5 Å². The van der Waals surface area contributed by atoms with Gasteiger partial charge in [0.05, 0.1) is 0 Å². The molecule has 0 radical (unpaired) electrons. The fraction of sp³-hybridized carbons (Fsp3) is 0.556. The average molecular weight is 364 g/mol. The molecule has 3 aliphatic rings. The molecular weight excluding hydrogens is 342 g/mol. The van der Waals surface area contributed by atoms with Crippen LogP contribution in [-0.4, -0.2) is 25.2 Å². The number of nitrogens with one attached hydrogen (secondary N) is 1. The van der Waals surface area contributed by atoms with E-state index >= 15 is 0 Å². The number of allylic oxidation sites excluding steroid dienone is 1. The molecule has 2 saturated heterocycles. The first kappa shape index (κ1) is 14.9. The van der Waals surface area contributed by atoms with Crippen LogP contribution in [-0.2, 0) is 14.9 Å². The normalized spacial score (nSPS) is 34.7. The zero-order chi connectivity index (χ0) is 15.4. The maximum absolute atomic E-state index is 5.79. The minimum Gasteiger partial charge on any atom is -0.318 e. The van der Waals surface area contributed by atoms with Gasteiger partial charge in [-0.1, -0.05) is 28.1 Å². The van der Waals surface area contributed by atoms with Gasteiger partial charge in [-0.3, -0.25) is 0 Å². The molecule has 3 nitrogen and oxygen atoms in total. The van der Waals surface area contributed by atoms with Crippen molar-refractivity contribution in [3.05, 3.63) is 39.9 Å². The molecule has 0 aromatic heterocycles. The fourth-order valence-corrected chi connectivity index (χ4v) is 5.18. The first-order valence-electron chi connectivity index (χ1n) is 8.09. The zero-order valence-electron chi connectivity index (χ0n) is 13.1. The molecule has 1 aliphatic carbocycles. The number of piperidine rings is 1. The lowest BCUT2D eigenvalue weighted by Gasteiger charge is -2.42. The van der Waals surface area contributed by atoms with Gasteiger partial charge in [0.1, 0.15) is 0 Å². The molecule has 4 rings (SSSR count). The van der Waals surface area contributed by atoms with Gasteiger partial charge in [0, 0.05) is 9.89 Å². The van der Waals surface area contributed by atoms with E-state index in [1.54, 1.807) is 0 Å². The summed E-state index contributed by atoms with van der Waals surface area (Å²) in [5.74, 6) is -0.563. The molecular formula is C18H22BrNO2. The van der Waals surface area contributed by atoms with E-state index in [0.717, 1.165) is 19.5 Å². The van der Waals surface area contributed by atoms with Crippen LogP contribution < -0.4 is 5.32 Å². The van der Waals surface area contributed by atoms with Crippen LogP contribution >= 0.6 is 15.9 Å². The number of benzene rings is 1. The quantitative estimate of drug-likeness (QED) is 0.818. The predicted molar refractivity (Wildman–Crippen MR) is 90.6 cm³/mol. The van der Waals surface area contributed by atoms with E-state index < -0.39 is 5.79 Å². The number of hydrogen-bond donors (Lipinski definition) is 1. The first-order chi connectivity index (χ1) is 10.5. The largest absolute Gasteiger partial charge is 0.318 e. The van der Waals surface area contributed by atoms with Gasteiger partial charge in [-0.25, -0.2) is 0 Å². The highest BCUT2D eigenvalue weighted by atomic mass is 79.9. The van der Waals surface area contributed by atoms with Crippen molar-refractivity contribution in [1.82, 2.24) is 5.32 Å². The van der Waals surface area contributed by atoms with Gasteiger partial charge < -0.3 is 14.8 Å². The molecule has 1 N–H and O–H groups in total. The maximum Gasteiger partial charge on any atom is 0.191 e. The van der Waals surface area contributed by atoms with Crippen LogP contribution in [0.25, 0.3) is 5.57 Å². The molecule has 1 aromatic carbocycles. The van der Waals surface area contributed by atoms with Crippen molar-refractivity contribution in [2.75, 3.05) is 13.1 Å². The molecule has 0 atom stereocenters. The van der Waals surface area contributed by atoms with E-state index in [1.807, 2.05) is 13.8 Å². The van der Waals surface area contributed by atoms with E-state index in [4.69, 9.17) is 9.47 Å². The molecule has 2 fully saturated rings. The SMILES string of the molecule is CC1OC(C)(/C=C2/CC3(CCNCC3)c3c(Br)cccc32)O1. The van der Waals surface area contributed by atoms with E-state index in [1.165, 1.54) is 34.0 Å². The third-order valence-corrected chi connectivity index (χ3v) is 5.88. The fourth-order valence-electron chi connectivity index (χ4n) is 4.39. The third-order valence-electron chi connectivity index (χ3n) is 5.22. The van der Waals surface area contributed by atoms with Gasteiger partial charge in [-0.2, -0.15) is 0 Å². The number of halogens is 1. The summed E-state index contributed by atoms with van der Waals surface area (Å²) >= 11 is 3.80. The summed E-state index contributed by atoms with van der Waals surface area (Å²) in [7, 11) is 0. The van der Waals surface area contributed by atoms with Crippen molar-refractivity contribution >= 4 is 21.5 Å². The monoisotopic (exact) mass is 363 g/mol. The summed E-state index contributed by atoms with van der Waals surface area (Å²) in [6, 6.07) is 6.55. The Morgan fingerprint density at radius 3 is 2.68 bits per heavy atom. The van der Waals surface area contributed by atoms with E-state index in [9.17, 15) is 0 Å². The molecule has 0 saturated carbocycles. The highest BCUT2D eigenvalue weighted by Crippen LogP contribution is 2.53. The second-order valence-corrected chi connectivity index (χ2v) is 7.71. The highest BCUT2D eigenvalue weighted by Gasteiger charge is 2.45. The third kappa shape index (κ3) is 2.28. The molecule has 1 aromatic rings. The van der Waals surface area contributed by atoms with Gasteiger partial charge >= 0.3 is 0 Å². The Balaban J connectivity index is 1.78. The summed E-state index contributed by atoms with van der Waals surface area (Å²) in [5.41, 5.74) is 4.48. The van der Waals surface area contributed by atoms with Gasteiger partial charge in [0.15, 0.2) is 12.1 Å². The summed E-state index contributed by atoms with van der Waals surface area (Å²) in [5, 5.41) is 3.49. The van der Waals surface area contributed by atoms with Crippen molar-refractivity contribution in [2.24, 2.45) is 0 Å². The Hall–Kier alpha value is -0.680. The minimum atomic E-state index is -0.563. The second-order valence-electron chi connectivity index (χ2n) is 6.86. The number of ether oxygens (including phenoxy) is 2. The Kier molecular flexibility index (Phi) is 3.49. The lowest BCUT2D eigenvalue weighted by molar-refractivity contribution is -0.414. The number of rotatable bonds is 1. The summed E-state index contributed by atoms with van der Waals surface area (Å²) < 4.78 is 12.8. The van der Waals surface area contributed by atoms with Crippen molar-refractivity contribution in [3.8, 4) is 0 Å². The Labute approximate surface area is 140 Å². The molecule has 4 heteroatoms. The molecule has 2 aliphatic heterocycles. The summed E-state index contributed by atoms with van der Waals surface area (Å²) in [6.07, 6.45) is 5.56. The highest BCUT2D eigenvalue weighted by molar-refractivity contribution is 9.10. The van der Waals surface area contributed by atoms with E-state index in [0.29, 0.717) is 0 Å². The Morgan fingerprint density at radius 1 is 1.27 bits per heavy atom. The summed E-state index contributed by atoms with van der Waals surface area (Å²) in [6.45, 7) is 6.13. The van der Waals surface area contributed by atoms with E-state index in [-0.39, 0.29) is 11.7 Å².